The zero-order chi connectivity index (χ0) is 21.1. The topological polar surface area (TPSA) is 67.2 Å². The minimum absolute atomic E-state index is 0.127. The van der Waals surface area contributed by atoms with Crippen LogP contribution < -0.4 is 10.9 Å². The molecule has 1 N–H and O–H groups in total. The van der Waals surface area contributed by atoms with Crippen LogP contribution in [0.1, 0.15) is 32.1 Å². The third kappa shape index (κ3) is 3.96. The molecule has 0 aliphatic carbocycles. The lowest BCUT2D eigenvalue weighted by molar-refractivity contribution is 0.197. The van der Waals surface area contributed by atoms with Crippen LogP contribution in [0.5, 0.6) is 0 Å². The Labute approximate surface area is 166 Å². The summed E-state index contributed by atoms with van der Waals surface area (Å²) in [5.74, 6) is -1.14. The normalized spacial score (nSPS) is 12.0. The summed E-state index contributed by atoms with van der Waals surface area (Å²) in [6.07, 6.45) is 0.487. The molecule has 8 heteroatoms. The fourth-order valence-electron chi connectivity index (χ4n) is 3.31. The maximum Gasteiger partial charge on any atom is 0.322 e. The number of halogens is 2. The van der Waals surface area contributed by atoms with Gasteiger partial charge in [-0.15, -0.1) is 0 Å². The summed E-state index contributed by atoms with van der Waals surface area (Å²) >= 11 is 0. The molecule has 0 aliphatic rings. The summed E-state index contributed by atoms with van der Waals surface area (Å²) in [6.45, 7) is 4.10. The van der Waals surface area contributed by atoms with E-state index in [0.29, 0.717) is 35.8 Å². The largest absolute Gasteiger partial charge is 0.322 e. The average Bonchev–Trinajstić information content (AvgIpc) is 2.71. The molecule has 0 saturated heterocycles. The number of aromatic nitrogens is 2. The van der Waals surface area contributed by atoms with Gasteiger partial charge in [0.25, 0.3) is 5.56 Å². The van der Waals surface area contributed by atoms with Gasteiger partial charge in [0.1, 0.15) is 17.5 Å². The predicted molar refractivity (Wildman–Crippen MR) is 108 cm³/mol. The van der Waals surface area contributed by atoms with Crippen molar-refractivity contribution in [2.75, 3.05) is 12.4 Å². The van der Waals surface area contributed by atoms with Gasteiger partial charge < -0.3 is 10.2 Å². The Morgan fingerprint density at radius 3 is 2.59 bits per heavy atom. The van der Waals surface area contributed by atoms with E-state index in [1.807, 2.05) is 13.8 Å². The van der Waals surface area contributed by atoms with Gasteiger partial charge in [-0.05, 0) is 37.6 Å². The zero-order valence-corrected chi connectivity index (χ0v) is 16.4. The number of anilines is 1. The number of fused-ring (bicyclic) bond motifs is 1. The Morgan fingerprint density at radius 2 is 1.93 bits per heavy atom. The first kappa shape index (κ1) is 20.4. The monoisotopic (exact) mass is 400 g/mol. The molecule has 3 rings (SSSR count). The molecule has 152 valence electrons. The minimum Gasteiger partial charge on any atom is -0.317 e. The Hall–Kier alpha value is -3.29. The molecule has 0 fully saturated rings. The van der Waals surface area contributed by atoms with Gasteiger partial charge in [0.2, 0.25) is 0 Å². The molecule has 0 spiro atoms. The first-order valence-electron chi connectivity index (χ1n) is 9.35. The molecule has 29 heavy (non-hydrogen) atoms. The third-order valence-corrected chi connectivity index (χ3v) is 4.85. The minimum atomic E-state index is -0.867. The van der Waals surface area contributed by atoms with Crippen LogP contribution in [0.4, 0.5) is 19.3 Å². The molecule has 1 atom stereocenters. The molecule has 0 saturated carbocycles. The number of nitrogens with zero attached hydrogens (tertiary/aromatic N) is 3. The molecule has 1 unspecified atom stereocenters. The smallest absolute Gasteiger partial charge is 0.317 e. The van der Waals surface area contributed by atoms with Crippen LogP contribution in [0, 0.1) is 11.6 Å². The number of carbonyl (C=O) groups is 1. The van der Waals surface area contributed by atoms with Gasteiger partial charge in [0.15, 0.2) is 0 Å². The number of benzene rings is 2. The van der Waals surface area contributed by atoms with Crippen LogP contribution in [0.2, 0.25) is 0 Å². The number of carbonyl (C=O) groups excluding carboxylic acids is 1. The highest BCUT2D eigenvalue weighted by atomic mass is 19.1. The predicted octanol–water partition coefficient (Wildman–Crippen LogP) is 4.31. The van der Waals surface area contributed by atoms with Gasteiger partial charge in [-0.3, -0.25) is 9.36 Å². The molecule has 0 radical (unpaired) electrons. The summed E-state index contributed by atoms with van der Waals surface area (Å²) in [5, 5.41) is 2.95. The summed E-state index contributed by atoms with van der Waals surface area (Å²) in [7, 11) is 1.55. The highest BCUT2D eigenvalue weighted by Crippen LogP contribution is 2.24. The van der Waals surface area contributed by atoms with Crippen molar-refractivity contribution in [1.29, 1.82) is 0 Å². The van der Waals surface area contributed by atoms with Crippen molar-refractivity contribution >= 4 is 22.6 Å². The van der Waals surface area contributed by atoms with E-state index >= 15 is 0 Å². The van der Waals surface area contributed by atoms with Gasteiger partial charge in [-0.25, -0.2) is 18.6 Å². The van der Waals surface area contributed by atoms with Crippen LogP contribution >= 0.6 is 0 Å². The maximum absolute atomic E-state index is 13.9. The second-order valence-corrected chi connectivity index (χ2v) is 6.63. The fourth-order valence-corrected chi connectivity index (χ4v) is 3.31. The van der Waals surface area contributed by atoms with E-state index in [1.54, 1.807) is 35.9 Å². The van der Waals surface area contributed by atoms with Crippen molar-refractivity contribution in [2.24, 2.45) is 0 Å². The van der Waals surface area contributed by atoms with Gasteiger partial charge in [0.05, 0.1) is 22.6 Å². The maximum atomic E-state index is 13.9. The first-order valence-corrected chi connectivity index (χ1v) is 9.35. The van der Waals surface area contributed by atoms with Crippen LogP contribution in [0.25, 0.3) is 10.9 Å². The van der Waals surface area contributed by atoms with E-state index in [1.165, 1.54) is 4.90 Å². The van der Waals surface area contributed by atoms with Crippen molar-refractivity contribution in [1.82, 2.24) is 14.5 Å². The van der Waals surface area contributed by atoms with E-state index in [0.717, 1.165) is 12.1 Å². The molecule has 1 heterocycles. The quantitative estimate of drug-likeness (QED) is 0.694. The molecule has 0 aliphatic heterocycles. The number of hydrogen-bond acceptors (Lipinski definition) is 3. The Balaban J connectivity index is 1.98. The van der Waals surface area contributed by atoms with Gasteiger partial charge in [-0.1, -0.05) is 19.1 Å². The summed E-state index contributed by atoms with van der Waals surface area (Å²) in [5.41, 5.74) is 0.247. The van der Waals surface area contributed by atoms with Crippen molar-refractivity contribution < 1.29 is 13.6 Å². The summed E-state index contributed by atoms with van der Waals surface area (Å²) in [4.78, 5) is 31.6. The number of hydrogen-bond donors (Lipinski definition) is 1. The number of urea groups is 1. The van der Waals surface area contributed by atoms with Crippen LogP contribution in [-0.4, -0.2) is 27.5 Å². The van der Waals surface area contributed by atoms with Crippen LogP contribution in [0.15, 0.2) is 47.3 Å². The molecule has 1 aromatic heterocycles. The number of rotatable bonds is 5. The molecule has 2 aromatic carbocycles. The highest BCUT2D eigenvalue weighted by Gasteiger charge is 2.26. The van der Waals surface area contributed by atoms with Gasteiger partial charge >= 0.3 is 6.03 Å². The second-order valence-electron chi connectivity index (χ2n) is 6.63. The lowest BCUT2D eigenvalue weighted by atomic mass is 10.1. The Morgan fingerprint density at radius 1 is 1.21 bits per heavy atom. The SMILES string of the molecule is CCC(c1nc2ccccc2c(=O)n1CC)N(C)C(=O)Nc1ccc(F)cc1F. The second kappa shape index (κ2) is 8.38. The standard InChI is InChI=1S/C21H22F2N4O2/c1-4-18(26(3)21(29)25-17-11-10-13(22)12-15(17)23)19-24-16-9-7-6-8-14(16)20(28)27(19)5-2/h6-12,18H,4-5H2,1-3H3,(H,25,29). The van der Waals surface area contributed by atoms with E-state index in [2.05, 4.69) is 10.3 Å². The lowest BCUT2D eigenvalue weighted by Gasteiger charge is -2.29. The Kier molecular flexibility index (Phi) is 5.91. The van der Waals surface area contributed by atoms with E-state index < -0.39 is 23.7 Å². The number of nitrogens with one attached hydrogen (secondary N) is 1. The molecule has 3 aromatic rings. The van der Waals surface area contributed by atoms with Crippen LogP contribution in [-0.2, 0) is 6.54 Å². The van der Waals surface area contributed by atoms with E-state index in [4.69, 9.17) is 0 Å². The van der Waals surface area contributed by atoms with Crippen LogP contribution in [0.3, 0.4) is 0 Å². The zero-order valence-electron chi connectivity index (χ0n) is 16.4. The number of para-hydroxylation sites is 1. The van der Waals surface area contributed by atoms with Gasteiger partial charge in [-0.2, -0.15) is 0 Å². The lowest BCUT2D eigenvalue weighted by Crippen LogP contribution is -2.38. The molecule has 0 bridgehead atoms. The molecular formula is C21H22F2N4O2. The van der Waals surface area contributed by atoms with Crippen molar-refractivity contribution in [3.8, 4) is 0 Å². The summed E-state index contributed by atoms with van der Waals surface area (Å²) < 4.78 is 28.5. The first-order chi connectivity index (χ1) is 13.9. The fraction of sp³-hybridized carbons (Fsp3) is 0.286. The van der Waals surface area contributed by atoms with Crippen molar-refractivity contribution in [3.63, 3.8) is 0 Å². The molecule has 2 amide bonds. The summed E-state index contributed by atoms with van der Waals surface area (Å²) in [6, 6.07) is 8.86. The van der Waals surface area contributed by atoms with Crippen molar-refractivity contribution in [3.05, 3.63) is 70.3 Å². The highest BCUT2D eigenvalue weighted by molar-refractivity contribution is 5.89. The van der Waals surface area contributed by atoms with E-state index in [9.17, 15) is 18.4 Å². The Bertz CT molecular complexity index is 1110. The third-order valence-electron chi connectivity index (χ3n) is 4.85. The van der Waals surface area contributed by atoms with E-state index in [-0.39, 0.29) is 11.2 Å². The van der Waals surface area contributed by atoms with Crippen molar-refractivity contribution in [2.45, 2.75) is 32.9 Å². The van der Waals surface area contributed by atoms with Gasteiger partial charge in [0, 0.05) is 19.7 Å². The molecule has 6 nitrogen and oxygen atoms in total. The average molecular weight is 400 g/mol. The molecular weight excluding hydrogens is 378 g/mol. The number of amides is 2.